The summed E-state index contributed by atoms with van der Waals surface area (Å²) in [4.78, 5) is 2.42. The van der Waals surface area contributed by atoms with Gasteiger partial charge in [0.15, 0.2) is 0 Å². The minimum atomic E-state index is -0.207. The third kappa shape index (κ3) is 2.13. The summed E-state index contributed by atoms with van der Waals surface area (Å²) in [7, 11) is 0. The van der Waals surface area contributed by atoms with Gasteiger partial charge in [0.05, 0.1) is 12.1 Å². The molecule has 1 atom stereocenters. The van der Waals surface area contributed by atoms with Crippen molar-refractivity contribution in [2.24, 2.45) is 0 Å². The number of hydrogen-bond donors (Lipinski definition) is 1. The zero-order valence-electron chi connectivity index (χ0n) is 10.0. The monoisotopic (exact) mass is 219 g/mol. The molecule has 1 saturated heterocycles. The maximum atomic E-state index is 9.75. The first-order chi connectivity index (χ1) is 7.77. The van der Waals surface area contributed by atoms with Gasteiger partial charge in [0, 0.05) is 0 Å². The highest BCUT2D eigenvalue weighted by Gasteiger charge is 2.33. The highest BCUT2D eigenvalue weighted by molar-refractivity contribution is 5.24. The normalized spacial score (nSPS) is 21.6. The summed E-state index contributed by atoms with van der Waals surface area (Å²) in [5.41, 5.74) is 1.02. The molecule has 1 aromatic carbocycles. The van der Waals surface area contributed by atoms with E-state index in [1.54, 1.807) is 0 Å². The van der Waals surface area contributed by atoms with Gasteiger partial charge in [-0.3, -0.25) is 4.90 Å². The maximum Gasteiger partial charge on any atom is 0.0665 e. The molecule has 1 heterocycles. The van der Waals surface area contributed by atoms with Crippen molar-refractivity contribution in [1.82, 2.24) is 4.90 Å². The summed E-state index contributed by atoms with van der Waals surface area (Å²) in [6, 6.07) is 10.4. The predicted molar refractivity (Wildman–Crippen MR) is 66.3 cm³/mol. The van der Waals surface area contributed by atoms with E-state index < -0.39 is 0 Å². The highest BCUT2D eigenvalue weighted by Crippen LogP contribution is 2.30. The van der Waals surface area contributed by atoms with Crippen LogP contribution in [-0.2, 0) is 5.54 Å². The molecule has 1 N–H and O–H groups in total. The Morgan fingerprint density at radius 1 is 1.12 bits per heavy atom. The molecule has 16 heavy (non-hydrogen) atoms. The van der Waals surface area contributed by atoms with Crippen LogP contribution >= 0.6 is 0 Å². The van der Waals surface area contributed by atoms with Gasteiger partial charge in [-0.1, -0.05) is 36.8 Å². The van der Waals surface area contributed by atoms with Gasteiger partial charge < -0.3 is 5.11 Å². The van der Waals surface area contributed by atoms with E-state index >= 15 is 0 Å². The van der Waals surface area contributed by atoms with E-state index in [-0.39, 0.29) is 12.1 Å². The summed E-state index contributed by atoms with van der Waals surface area (Å²) in [5.74, 6) is 0. The molecule has 1 aromatic rings. The van der Waals surface area contributed by atoms with E-state index in [1.807, 2.05) is 18.2 Å². The smallest absolute Gasteiger partial charge is 0.0665 e. The number of nitrogens with zero attached hydrogens (tertiary/aromatic N) is 1. The standard InChI is InChI=1S/C14H21NO/c1-14(12-16,13-8-4-2-5-9-13)15-10-6-3-7-11-15/h2,4-5,8-9,16H,3,6-7,10-12H2,1H3/t14-/m0/s1. The molecule has 2 heteroatoms. The Morgan fingerprint density at radius 2 is 1.75 bits per heavy atom. The topological polar surface area (TPSA) is 23.5 Å². The molecule has 1 aliphatic heterocycles. The molecule has 1 fully saturated rings. The van der Waals surface area contributed by atoms with Crippen LogP contribution in [0, 0.1) is 0 Å². The average molecular weight is 219 g/mol. The Kier molecular flexibility index (Phi) is 3.62. The van der Waals surface area contributed by atoms with Crippen molar-refractivity contribution in [3.8, 4) is 0 Å². The number of piperidine rings is 1. The molecule has 0 amide bonds. The second kappa shape index (κ2) is 4.98. The molecule has 1 aliphatic rings. The van der Waals surface area contributed by atoms with E-state index in [2.05, 4.69) is 24.0 Å². The highest BCUT2D eigenvalue weighted by atomic mass is 16.3. The number of hydrogen-bond acceptors (Lipinski definition) is 2. The first-order valence-electron chi connectivity index (χ1n) is 6.19. The molecule has 0 aliphatic carbocycles. The SMILES string of the molecule is C[C@](CO)(c1ccccc1)N1CCCCC1. The Bertz CT molecular complexity index is 319. The van der Waals surface area contributed by atoms with Crippen LogP contribution in [0.1, 0.15) is 31.7 Å². The summed E-state index contributed by atoms with van der Waals surface area (Å²) < 4.78 is 0. The lowest BCUT2D eigenvalue weighted by Gasteiger charge is -2.42. The quantitative estimate of drug-likeness (QED) is 0.843. The lowest BCUT2D eigenvalue weighted by atomic mass is 9.89. The minimum absolute atomic E-state index is 0.191. The zero-order chi connectivity index (χ0) is 11.4. The van der Waals surface area contributed by atoms with Crippen molar-refractivity contribution in [3.63, 3.8) is 0 Å². The molecule has 2 rings (SSSR count). The summed E-state index contributed by atoms with van der Waals surface area (Å²) in [6.45, 7) is 4.54. The Morgan fingerprint density at radius 3 is 2.31 bits per heavy atom. The molecule has 88 valence electrons. The molecule has 2 nitrogen and oxygen atoms in total. The predicted octanol–water partition coefficient (Wildman–Crippen LogP) is 2.38. The van der Waals surface area contributed by atoms with Crippen LogP contribution in [0.15, 0.2) is 30.3 Å². The van der Waals surface area contributed by atoms with Gasteiger partial charge >= 0.3 is 0 Å². The molecule has 0 bridgehead atoms. The Labute approximate surface area is 97.9 Å². The van der Waals surface area contributed by atoms with Gasteiger partial charge in [-0.25, -0.2) is 0 Å². The fourth-order valence-electron chi connectivity index (χ4n) is 2.56. The van der Waals surface area contributed by atoms with Crippen molar-refractivity contribution in [2.75, 3.05) is 19.7 Å². The van der Waals surface area contributed by atoms with Crippen molar-refractivity contribution in [1.29, 1.82) is 0 Å². The van der Waals surface area contributed by atoms with E-state index in [1.165, 1.54) is 24.8 Å². The number of benzene rings is 1. The second-order valence-electron chi connectivity index (χ2n) is 4.85. The lowest BCUT2D eigenvalue weighted by Crippen LogP contribution is -2.49. The lowest BCUT2D eigenvalue weighted by molar-refractivity contribution is 0.0260. The number of aliphatic hydroxyl groups excluding tert-OH is 1. The Balaban J connectivity index is 2.24. The largest absolute Gasteiger partial charge is 0.394 e. The van der Waals surface area contributed by atoms with Crippen LogP contribution in [0.25, 0.3) is 0 Å². The molecule has 0 radical (unpaired) electrons. The van der Waals surface area contributed by atoms with E-state index in [4.69, 9.17) is 0 Å². The van der Waals surface area contributed by atoms with Gasteiger partial charge in [-0.2, -0.15) is 0 Å². The van der Waals surface area contributed by atoms with Gasteiger partial charge in [-0.05, 0) is 38.4 Å². The van der Waals surface area contributed by atoms with Crippen LogP contribution < -0.4 is 0 Å². The van der Waals surface area contributed by atoms with E-state index in [0.29, 0.717) is 0 Å². The third-order valence-electron chi connectivity index (χ3n) is 3.76. The minimum Gasteiger partial charge on any atom is -0.394 e. The molecule has 0 aromatic heterocycles. The van der Waals surface area contributed by atoms with Crippen molar-refractivity contribution in [3.05, 3.63) is 35.9 Å². The first-order valence-corrected chi connectivity index (χ1v) is 6.19. The van der Waals surface area contributed by atoms with Crippen LogP contribution in [-0.4, -0.2) is 29.7 Å². The summed E-state index contributed by atoms with van der Waals surface area (Å²) in [5, 5.41) is 9.75. The van der Waals surface area contributed by atoms with Gasteiger partial charge in [0.25, 0.3) is 0 Å². The van der Waals surface area contributed by atoms with Crippen LogP contribution in [0.4, 0.5) is 0 Å². The second-order valence-corrected chi connectivity index (χ2v) is 4.85. The fraction of sp³-hybridized carbons (Fsp3) is 0.571. The van der Waals surface area contributed by atoms with Crippen LogP contribution in [0.2, 0.25) is 0 Å². The van der Waals surface area contributed by atoms with Crippen molar-refractivity contribution >= 4 is 0 Å². The van der Waals surface area contributed by atoms with Crippen molar-refractivity contribution < 1.29 is 5.11 Å². The molecule has 0 spiro atoms. The molecule has 0 unspecified atom stereocenters. The van der Waals surface area contributed by atoms with Gasteiger partial charge in [-0.15, -0.1) is 0 Å². The van der Waals surface area contributed by atoms with Crippen LogP contribution in [0.3, 0.4) is 0 Å². The third-order valence-corrected chi connectivity index (χ3v) is 3.76. The number of rotatable bonds is 3. The molecular formula is C14H21NO. The number of aliphatic hydroxyl groups is 1. The first kappa shape index (κ1) is 11.6. The van der Waals surface area contributed by atoms with Gasteiger partial charge in [0.2, 0.25) is 0 Å². The Hall–Kier alpha value is -0.860. The summed E-state index contributed by atoms with van der Waals surface area (Å²) in [6.07, 6.45) is 3.83. The van der Waals surface area contributed by atoms with E-state index in [0.717, 1.165) is 13.1 Å². The van der Waals surface area contributed by atoms with Crippen molar-refractivity contribution in [2.45, 2.75) is 31.7 Å². The summed E-state index contributed by atoms with van der Waals surface area (Å²) >= 11 is 0. The maximum absolute atomic E-state index is 9.75. The van der Waals surface area contributed by atoms with Gasteiger partial charge in [0.1, 0.15) is 0 Å². The number of likely N-dealkylation sites (tertiary alicyclic amines) is 1. The molecular weight excluding hydrogens is 198 g/mol. The molecule has 0 saturated carbocycles. The van der Waals surface area contributed by atoms with E-state index in [9.17, 15) is 5.11 Å². The van der Waals surface area contributed by atoms with Crippen LogP contribution in [0.5, 0.6) is 0 Å². The zero-order valence-corrected chi connectivity index (χ0v) is 10.0. The average Bonchev–Trinajstić information content (AvgIpc) is 2.40. The fourth-order valence-corrected chi connectivity index (χ4v) is 2.56.